The molecule has 0 spiro atoms. The number of H-pyrrole nitrogens is 1. The van der Waals surface area contributed by atoms with Gasteiger partial charge in [0, 0.05) is 10.0 Å². The van der Waals surface area contributed by atoms with Crippen LogP contribution in [0.5, 0.6) is 0 Å². The summed E-state index contributed by atoms with van der Waals surface area (Å²) in [5.74, 6) is 1.29. The van der Waals surface area contributed by atoms with Gasteiger partial charge in [-0.3, -0.25) is 0 Å². The summed E-state index contributed by atoms with van der Waals surface area (Å²) < 4.78 is 1.06. The summed E-state index contributed by atoms with van der Waals surface area (Å²) in [5, 5.41) is 0. The lowest BCUT2D eigenvalue weighted by Crippen LogP contribution is -1.88. The molecule has 0 amide bonds. The van der Waals surface area contributed by atoms with E-state index in [0.717, 1.165) is 26.9 Å². The van der Waals surface area contributed by atoms with Gasteiger partial charge in [0.2, 0.25) is 0 Å². The minimum atomic E-state index is 0.480. The number of nitrogens with zero attached hydrogens (tertiary/aromatic N) is 2. The van der Waals surface area contributed by atoms with E-state index in [1.54, 1.807) is 6.07 Å². The van der Waals surface area contributed by atoms with Crippen molar-refractivity contribution in [2.24, 2.45) is 0 Å². The van der Waals surface area contributed by atoms with Gasteiger partial charge in [0.15, 0.2) is 5.65 Å². The van der Waals surface area contributed by atoms with Crippen LogP contribution in [0, 0.1) is 6.92 Å². The van der Waals surface area contributed by atoms with Crippen molar-refractivity contribution in [2.45, 2.75) is 6.92 Å². The Morgan fingerprint density at radius 3 is 2.78 bits per heavy atom. The molecule has 0 fully saturated rings. The molecule has 0 saturated heterocycles. The van der Waals surface area contributed by atoms with Crippen LogP contribution in [0.3, 0.4) is 0 Å². The van der Waals surface area contributed by atoms with Crippen molar-refractivity contribution < 1.29 is 0 Å². The number of hydrogen-bond donors (Lipinski definition) is 2. The SMILES string of the molecule is Cc1cc(Br)ccc1-c1nc2nc(N)ccc2[nH]1. The van der Waals surface area contributed by atoms with Gasteiger partial charge >= 0.3 is 0 Å². The average molecular weight is 303 g/mol. The van der Waals surface area contributed by atoms with E-state index in [2.05, 4.69) is 43.9 Å². The van der Waals surface area contributed by atoms with Crippen LogP contribution in [0.4, 0.5) is 5.82 Å². The first kappa shape index (κ1) is 11.2. The fraction of sp³-hybridized carbons (Fsp3) is 0.0769. The molecule has 2 heterocycles. The molecule has 0 atom stereocenters. The lowest BCUT2D eigenvalue weighted by molar-refractivity contribution is 1.28. The molecule has 18 heavy (non-hydrogen) atoms. The molecule has 0 aliphatic heterocycles. The van der Waals surface area contributed by atoms with Crippen LogP contribution in [0.25, 0.3) is 22.6 Å². The number of aromatic nitrogens is 3. The van der Waals surface area contributed by atoms with E-state index in [1.165, 1.54) is 0 Å². The largest absolute Gasteiger partial charge is 0.384 e. The Kier molecular flexibility index (Phi) is 2.56. The molecule has 3 N–H and O–H groups in total. The Labute approximate surface area is 112 Å². The molecule has 3 aromatic rings. The minimum absolute atomic E-state index is 0.480. The fourth-order valence-corrected chi connectivity index (χ4v) is 2.40. The third kappa shape index (κ3) is 1.86. The molecular formula is C13H11BrN4. The van der Waals surface area contributed by atoms with Crippen molar-refractivity contribution in [1.82, 2.24) is 15.0 Å². The predicted molar refractivity (Wildman–Crippen MR) is 76.2 cm³/mol. The number of fused-ring (bicyclic) bond motifs is 1. The van der Waals surface area contributed by atoms with E-state index < -0.39 is 0 Å². The number of nitrogens with two attached hydrogens (primary N) is 1. The maximum absolute atomic E-state index is 5.65. The van der Waals surface area contributed by atoms with E-state index >= 15 is 0 Å². The van der Waals surface area contributed by atoms with Gasteiger partial charge in [-0.05, 0) is 42.8 Å². The number of pyridine rings is 1. The van der Waals surface area contributed by atoms with Crippen LogP contribution in [-0.4, -0.2) is 15.0 Å². The Hall–Kier alpha value is -1.88. The van der Waals surface area contributed by atoms with Gasteiger partial charge in [-0.2, -0.15) is 0 Å². The molecule has 90 valence electrons. The summed E-state index contributed by atoms with van der Waals surface area (Å²) in [6.07, 6.45) is 0. The third-order valence-electron chi connectivity index (χ3n) is 2.81. The highest BCUT2D eigenvalue weighted by atomic mass is 79.9. The second kappa shape index (κ2) is 4.10. The Bertz CT molecular complexity index is 733. The average Bonchev–Trinajstić information content (AvgIpc) is 2.71. The summed E-state index contributed by atoms with van der Waals surface area (Å²) in [6.45, 7) is 2.05. The summed E-state index contributed by atoms with van der Waals surface area (Å²) in [4.78, 5) is 11.9. The first-order valence-corrected chi connectivity index (χ1v) is 6.31. The lowest BCUT2D eigenvalue weighted by atomic mass is 10.1. The number of anilines is 1. The van der Waals surface area contributed by atoms with Crippen LogP contribution in [0.15, 0.2) is 34.8 Å². The second-order valence-corrected chi connectivity index (χ2v) is 5.07. The number of aromatic amines is 1. The summed E-state index contributed by atoms with van der Waals surface area (Å²) in [7, 11) is 0. The van der Waals surface area contributed by atoms with Crippen LogP contribution < -0.4 is 5.73 Å². The zero-order valence-electron chi connectivity index (χ0n) is 9.74. The van der Waals surface area contributed by atoms with Gasteiger partial charge in [-0.1, -0.05) is 15.9 Å². The Balaban J connectivity index is 2.19. The molecule has 3 rings (SSSR count). The third-order valence-corrected chi connectivity index (χ3v) is 3.30. The molecule has 1 aromatic carbocycles. The number of halogens is 1. The lowest BCUT2D eigenvalue weighted by Gasteiger charge is -2.02. The number of hydrogen-bond acceptors (Lipinski definition) is 3. The van der Waals surface area contributed by atoms with E-state index in [4.69, 9.17) is 5.73 Å². The van der Waals surface area contributed by atoms with Crippen LogP contribution in [0.1, 0.15) is 5.56 Å². The van der Waals surface area contributed by atoms with Crippen molar-refractivity contribution in [1.29, 1.82) is 0 Å². The van der Waals surface area contributed by atoms with Gasteiger partial charge < -0.3 is 10.7 Å². The normalized spacial score (nSPS) is 11.0. The van der Waals surface area contributed by atoms with E-state index in [9.17, 15) is 0 Å². The molecule has 4 nitrogen and oxygen atoms in total. The zero-order chi connectivity index (χ0) is 12.7. The quantitative estimate of drug-likeness (QED) is 0.725. The Morgan fingerprint density at radius 1 is 1.17 bits per heavy atom. The number of rotatable bonds is 1. The van der Waals surface area contributed by atoms with E-state index in [1.807, 2.05) is 18.2 Å². The van der Waals surface area contributed by atoms with E-state index in [-0.39, 0.29) is 0 Å². The number of nitrogens with one attached hydrogen (secondary N) is 1. The highest BCUT2D eigenvalue weighted by Crippen LogP contribution is 2.25. The van der Waals surface area contributed by atoms with Crippen molar-refractivity contribution >= 4 is 32.9 Å². The maximum atomic E-state index is 5.65. The molecular weight excluding hydrogens is 292 g/mol. The van der Waals surface area contributed by atoms with Gasteiger partial charge in [0.25, 0.3) is 0 Å². The smallest absolute Gasteiger partial charge is 0.180 e. The highest BCUT2D eigenvalue weighted by molar-refractivity contribution is 9.10. The number of aryl methyl sites for hydroxylation is 1. The van der Waals surface area contributed by atoms with Crippen LogP contribution >= 0.6 is 15.9 Å². The van der Waals surface area contributed by atoms with Gasteiger partial charge in [0.05, 0.1) is 5.52 Å². The molecule has 5 heteroatoms. The summed E-state index contributed by atoms with van der Waals surface area (Å²) in [6, 6.07) is 9.74. The molecule has 0 radical (unpaired) electrons. The monoisotopic (exact) mass is 302 g/mol. The number of nitrogen functional groups attached to an aromatic ring is 1. The molecule has 2 aromatic heterocycles. The zero-order valence-corrected chi connectivity index (χ0v) is 11.3. The van der Waals surface area contributed by atoms with E-state index in [0.29, 0.717) is 11.5 Å². The van der Waals surface area contributed by atoms with Crippen molar-refractivity contribution in [3.8, 4) is 11.4 Å². The summed E-state index contributed by atoms with van der Waals surface area (Å²) in [5.41, 5.74) is 9.40. The highest BCUT2D eigenvalue weighted by Gasteiger charge is 2.09. The van der Waals surface area contributed by atoms with Crippen molar-refractivity contribution in [3.63, 3.8) is 0 Å². The first-order valence-electron chi connectivity index (χ1n) is 5.52. The summed E-state index contributed by atoms with van der Waals surface area (Å²) >= 11 is 3.45. The number of benzene rings is 1. The van der Waals surface area contributed by atoms with Crippen molar-refractivity contribution in [2.75, 3.05) is 5.73 Å². The number of imidazole rings is 1. The molecule has 0 saturated carbocycles. The predicted octanol–water partition coefficient (Wildman–Crippen LogP) is 3.28. The topological polar surface area (TPSA) is 67.6 Å². The van der Waals surface area contributed by atoms with Crippen LogP contribution in [-0.2, 0) is 0 Å². The van der Waals surface area contributed by atoms with Gasteiger partial charge in [-0.15, -0.1) is 0 Å². The maximum Gasteiger partial charge on any atom is 0.180 e. The van der Waals surface area contributed by atoms with Crippen LogP contribution in [0.2, 0.25) is 0 Å². The van der Waals surface area contributed by atoms with Crippen molar-refractivity contribution in [3.05, 3.63) is 40.4 Å². The molecule has 0 unspecified atom stereocenters. The standard InChI is InChI=1S/C13H11BrN4/c1-7-6-8(14)2-3-9(7)12-16-10-4-5-11(15)17-13(10)18-12/h2-6H,1H3,(H3,15,16,17,18). The fourth-order valence-electron chi connectivity index (χ4n) is 1.93. The molecule has 0 aliphatic rings. The Morgan fingerprint density at radius 2 is 2.00 bits per heavy atom. The minimum Gasteiger partial charge on any atom is -0.384 e. The van der Waals surface area contributed by atoms with Gasteiger partial charge in [-0.25, -0.2) is 9.97 Å². The van der Waals surface area contributed by atoms with Gasteiger partial charge in [0.1, 0.15) is 11.6 Å². The molecule has 0 bridgehead atoms. The molecule has 0 aliphatic carbocycles. The second-order valence-electron chi connectivity index (χ2n) is 4.15. The first-order chi connectivity index (χ1) is 8.63.